The summed E-state index contributed by atoms with van der Waals surface area (Å²) in [6.07, 6.45) is 3.18. The molecule has 0 spiro atoms. The number of esters is 2. The number of methoxy groups -OCH3 is 1. The molecule has 0 bridgehead atoms. The van der Waals surface area contributed by atoms with Crippen LogP contribution in [-0.4, -0.2) is 26.1 Å². The fourth-order valence-electron chi connectivity index (χ4n) is 3.23. The minimum Gasteiger partial charge on any atom is -0.469 e. The molecule has 0 aliphatic carbocycles. The van der Waals surface area contributed by atoms with Crippen LogP contribution in [0.4, 0.5) is 10.1 Å². The van der Waals surface area contributed by atoms with Gasteiger partial charge in [0.25, 0.3) is 0 Å². The zero-order valence-electron chi connectivity index (χ0n) is 15.6. The second kappa shape index (κ2) is 8.17. The molecule has 5 nitrogen and oxygen atoms in total. The van der Waals surface area contributed by atoms with Crippen LogP contribution in [0, 0.1) is 6.92 Å². The van der Waals surface area contributed by atoms with Gasteiger partial charge in [-0.15, -0.1) is 0 Å². The molecule has 1 N–H and O–H groups in total. The van der Waals surface area contributed by atoms with E-state index in [0.29, 0.717) is 46.3 Å². The zero-order chi connectivity index (χ0) is 19.4. The monoisotopic (exact) mass is 361 g/mol. The van der Waals surface area contributed by atoms with Crippen molar-refractivity contribution in [1.82, 2.24) is 0 Å². The number of hydrogen-bond donors (Lipinski definition) is 1. The van der Waals surface area contributed by atoms with Gasteiger partial charge in [0.05, 0.1) is 18.4 Å². The Labute approximate surface area is 152 Å². The van der Waals surface area contributed by atoms with Crippen molar-refractivity contribution in [2.24, 2.45) is 0 Å². The number of cyclic esters (lactones) is 1. The Kier molecular flexibility index (Phi) is 6.18. The van der Waals surface area contributed by atoms with Crippen LogP contribution in [0.25, 0.3) is 5.83 Å². The highest BCUT2D eigenvalue weighted by molar-refractivity contribution is 6.02. The van der Waals surface area contributed by atoms with Gasteiger partial charge in [-0.2, -0.15) is 0 Å². The normalized spacial score (nSPS) is 13.3. The lowest BCUT2D eigenvalue weighted by atomic mass is 9.88. The number of hydrogen-bond acceptors (Lipinski definition) is 5. The van der Waals surface area contributed by atoms with Crippen LogP contribution in [0.2, 0.25) is 0 Å². The summed E-state index contributed by atoms with van der Waals surface area (Å²) in [6.45, 7) is 7.28. The lowest BCUT2D eigenvalue weighted by Crippen LogP contribution is -2.09. The molecule has 0 saturated heterocycles. The fraction of sp³-hybridized carbons (Fsp3) is 0.400. The molecule has 0 radical (unpaired) electrons. The van der Waals surface area contributed by atoms with E-state index in [-0.39, 0.29) is 19.0 Å². The van der Waals surface area contributed by atoms with Crippen molar-refractivity contribution in [3.05, 3.63) is 46.0 Å². The van der Waals surface area contributed by atoms with Crippen LogP contribution in [0.15, 0.2) is 18.2 Å². The second-order valence-electron chi connectivity index (χ2n) is 6.27. The lowest BCUT2D eigenvalue weighted by Gasteiger charge is -2.19. The van der Waals surface area contributed by atoms with E-state index >= 15 is 0 Å². The van der Waals surface area contributed by atoms with Crippen LogP contribution in [-0.2, 0) is 27.3 Å². The number of nitrogens with one attached hydrogen (secondary N) is 1. The van der Waals surface area contributed by atoms with Gasteiger partial charge >= 0.3 is 11.9 Å². The number of allylic oxidation sites excluding steroid dienone is 2. The van der Waals surface area contributed by atoms with Gasteiger partial charge in [0.2, 0.25) is 0 Å². The Morgan fingerprint density at radius 1 is 1.42 bits per heavy atom. The van der Waals surface area contributed by atoms with Crippen LogP contribution < -0.4 is 5.32 Å². The average molecular weight is 361 g/mol. The maximum Gasteiger partial charge on any atom is 0.341 e. The fourth-order valence-corrected chi connectivity index (χ4v) is 3.23. The molecule has 6 heteroatoms. The number of benzene rings is 1. The average Bonchev–Trinajstić information content (AvgIpc) is 2.99. The number of halogens is 1. The van der Waals surface area contributed by atoms with Gasteiger partial charge in [-0.1, -0.05) is 18.2 Å². The van der Waals surface area contributed by atoms with E-state index in [9.17, 15) is 14.0 Å². The van der Waals surface area contributed by atoms with Crippen LogP contribution in [0.5, 0.6) is 0 Å². The van der Waals surface area contributed by atoms with E-state index in [2.05, 4.69) is 16.6 Å². The van der Waals surface area contributed by atoms with Gasteiger partial charge < -0.3 is 14.8 Å². The van der Waals surface area contributed by atoms with Crippen molar-refractivity contribution in [3.63, 3.8) is 0 Å². The Morgan fingerprint density at radius 3 is 2.69 bits per heavy atom. The Balaban J connectivity index is 2.45. The Bertz CT molecular complexity index is 796. The number of anilines is 1. The first-order valence-electron chi connectivity index (χ1n) is 8.42. The lowest BCUT2D eigenvalue weighted by molar-refractivity contribution is -0.140. The van der Waals surface area contributed by atoms with Crippen molar-refractivity contribution in [2.75, 3.05) is 19.5 Å². The zero-order valence-corrected chi connectivity index (χ0v) is 15.6. The van der Waals surface area contributed by atoms with Gasteiger partial charge in [-0.3, -0.25) is 4.79 Å². The van der Waals surface area contributed by atoms with Gasteiger partial charge in [-0.05, 0) is 37.8 Å². The molecule has 26 heavy (non-hydrogen) atoms. The summed E-state index contributed by atoms with van der Waals surface area (Å²) in [5.41, 5.74) is 4.45. The standard InChI is InChI=1S/C20H24FNO4/c1-11(7-9-16(23)25-5)6-8-14-17(13(3)21)12(2)15-10-26-20(24)18(15)19(14)22-4/h6,22H,3,7-10H2,1-2,4-5H3. The molecule has 1 aliphatic rings. The summed E-state index contributed by atoms with van der Waals surface area (Å²) >= 11 is 0. The highest BCUT2D eigenvalue weighted by atomic mass is 19.1. The number of ether oxygens (including phenoxy) is 2. The van der Waals surface area contributed by atoms with E-state index < -0.39 is 11.8 Å². The highest BCUT2D eigenvalue weighted by Gasteiger charge is 2.31. The molecule has 2 rings (SSSR count). The molecule has 1 aliphatic heterocycles. The summed E-state index contributed by atoms with van der Waals surface area (Å²) in [6, 6.07) is 0. The third-order valence-electron chi connectivity index (χ3n) is 4.66. The molecular formula is C20H24FNO4. The first kappa shape index (κ1) is 19.7. The highest BCUT2D eigenvalue weighted by Crippen LogP contribution is 2.39. The number of carbonyl (C=O) groups is 2. The van der Waals surface area contributed by atoms with E-state index in [0.717, 1.165) is 5.57 Å². The maximum atomic E-state index is 14.2. The predicted molar refractivity (Wildman–Crippen MR) is 98.7 cm³/mol. The van der Waals surface area contributed by atoms with Crippen molar-refractivity contribution in [3.8, 4) is 0 Å². The van der Waals surface area contributed by atoms with E-state index in [4.69, 9.17) is 4.74 Å². The molecule has 1 aromatic carbocycles. The summed E-state index contributed by atoms with van der Waals surface area (Å²) in [7, 11) is 3.05. The third kappa shape index (κ3) is 3.79. The summed E-state index contributed by atoms with van der Waals surface area (Å²) in [5, 5.41) is 3.02. The first-order valence-corrected chi connectivity index (χ1v) is 8.42. The van der Waals surface area contributed by atoms with Crippen molar-refractivity contribution < 1.29 is 23.5 Å². The van der Waals surface area contributed by atoms with E-state index in [1.807, 2.05) is 13.0 Å². The third-order valence-corrected chi connectivity index (χ3v) is 4.66. The van der Waals surface area contributed by atoms with Gasteiger partial charge in [0, 0.05) is 24.6 Å². The largest absolute Gasteiger partial charge is 0.469 e. The molecule has 1 heterocycles. The van der Waals surface area contributed by atoms with Crippen LogP contribution in [0.1, 0.15) is 52.4 Å². The molecule has 140 valence electrons. The summed E-state index contributed by atoms with van der Waals surface area (Å²) in [5.74, 6) is -1.23. The quantitative estimate of drug-likeness (QED) is 0.585. The minimum atomic E-state index is -0.545. The number of fused-ring (bicyclic) bond motifs is 1. The van der Waals surface area contributed by atoms with Crippen molar-refractivity contribution >= 4 is 23.5 Å². The van der Waals surface area contributed by atoms with Crippen LogP contribution >= 0.6 is 0 Å². The summed E-state index contributed by atoms with van der Waals surface area (Å²) in [4.78, 5) is 23.4. The number of rotatable bonds is 7. The Morgan fingerprint density at radius 2 is 2.12 bits per heavy atom. The smallest absolute Gasteiger partial charge is 0.341 e. The Hall–Kier alpha value is -2.63. The van der Waals surface area contributed by atoms with Gasteiger partial charge in [-0.25, -0.2) is 9.18 Å². The maximum absolute atomic E-state index is 14.2. The minimum absolute atomic E-state index is 0.142. The molecule has 0 fully saturated rings. The van der Waals surface area contributed by atoms with Crippen molar-refractivity contribution in [2.45, 2.75) is 39.7 Å². The van der Waals surface area contributed by atoms with E-state index in [1.54, 1.807) is 14.0 Å². The van der Waals surface area contributed by atoms with Gasteiger partial charge in [0.15, 0.2) is 0 Å². The molecule has 0 amide bonds. The SMILES string of the molecule is C=C(F)c1c(C)c2c(c(NC)c1CC=C(C)CCC(=O)OC)C(=O)OC2. The molecular weight excluding hydrogens is 337 g/mol. The molecule has 0 atom stereocenters. The van der Waals surface area contributed by atoms with Gasteiger partial charge in [0.1, 0.15) is 12.4 Å². The van der Waals surface area contributed by atoms with Crippen LogP contribution in [0.3, 0.4) is 0 Å². The first-order chi connectivity index (χ1) is 12.3. The topological polar surface area (TPSA) is 64.6 Å². The predicted octanol–water partition coefficient (Wildman–Crippen LogP) is 4.09. The molecule has 0 saturated carbocycles. The second-order valence-corrected chi connectivity index (χ2v) is 6.27. The molecule has 1 aromatic rings. The van der Waals surface area contributed by atoms with Crippen molar-refractivity contribution in [1.29, 1.82) is 0 Å². The molecule has 0 unspecified atom stereocenters. The summed E-state index contributed by atoms with van der Waals surface area (Å²) < 4.78 is 24.0. The number of carbonyl (C=O) groups excluding carboxylic acids is 2. The molecule has 0 aromatic heterocycles. The van der Waals surface area contributed by atoms with E-state index in [1.165, 1.54) is 7.11 Å².